The van der Waals surface area contributed by atoms with Crippen LogP contribution in [-0.4, -0.2) is 42.1 Å². The highest BCUT2D eigenvalue weighted by atomic mass is 16.5. The number of aliphatic hydroxyl groups is 1. The van der Waals surface area contributed by atoms with Crippen LogP contribution in [0.5, 0.6) is 0 Å². The number of aryl methyl sites for hydroxylation is 1. The molecule has 122 valence electrons. The summed E-state index contributed by atoms with van der Waals surface area (Å²) >= 11 is 0. The third-order valence-electron chi connectivity index (χ3n) is 3.97. The molecule has 1 fully saturated rings. The van der Waals surface area contributed by atoms with Crippen molar-refractivity contribution in [2.45, 2.75) is 45.8 Å². The molecule has 0 aromatic carbocycles. The van der Waals surface area contributed by atoms with E-state index in [4.69, 9.17) is 10.1 Å². The number of nitrogens with one attached hydrogen (secondary N) is 3. The zero-order valence-electron chi connectivity index (χ0n) is 13.4. The maximum Gasteiger partial charge on any atom is 0.137 e. The van der Waals surface area contributed by atoms with Gasteiger partial charge >= 0.3 is 0 Å². The summed E-state index contributed by atoms with van der Waals surface area (Å²) in [5, 5.41) is 24.3. The van der Waals surface area contributed by atoms with Crippen molar-refractivity contribution in [2.75, 3.05) is 30.4 Å². The van der Waals surface area contributed by atoms with Crippen molar-refractivity contribution in [3.05, 3.63) is 16.8 Å². The highest BCUT2D eigenvalue weighted by Gasteiger charge is 2.21. The number of pyridine rings is 1. The summed E-state index contributed by atoms with van der Waals surface area (Å²) in [5.41, 5.74) is 3.23. The molecule has 1 aromatic rings. The SMILES string of the molecule is CCNc1nc(CC)c(CO)c(NC2CCOCC2)c1C=N. The largest absolute Gasteiger partial charge is 0.392 e. The van der Waals surface area contributed by atoms with Crippen LogP contribution in [-0.2, 0) is 17.8 Å². The molecule has 0 unspecified atom stereocenters. The summed E-state index contributed by atoms with van der Waals surface area (Å²) < 4.78 is 5.40. The fraction of sp³-hybridized carbons (Fsp3) is 0.625. The minimum atomic E-state index is -0.0744. The van der Waals surface area contributed by atoms with Crippen LogP contribution in [0.3, 0.4) is 0 Å². The summed E-state index contributed by atoms with van der Waals surface area (Å²) in [6.07, 6.45) is 3.92. The molecule has 6 nitrogen and oxygen atoms in total. The van der Waals surface area contributed by atoms with Gasteiger partial charge in [0, 0.05) is 37.6 Å². The van der Waals surface area contributed by atoms with Gasteiger partial charge in [0.15, 0.2) is 0 Å². The first-order valence-electron chi connectivity index (χ1n) is 8.00. The Balaban J connectivity index is 2.45. The quantitative estimate of drug-likeness (QED) is 0.580. The third-order valence-corrected chi connectivity index (χ3v) is 3.97. The van der Waals surface area contributed by atoms with E-state index in [1.54, 1.807) is 0 Å². The molecule has 1 aromatic heterocycles. The van der Waals surface area contributed by atoms with Crippen LogP contribution in [0.2, 0.25) is 0 Å². The second kappa shape index (κ2) is 8.10. The molecule has 0 amide bonds. The van der Waals surface area contributed by atoms with Gasteiger partial charge in [-0.1, -0.05) is 6.92 Å². The molecule has 4 N–H and O–H groups in total. The Morgan fingerprint density at radius 2 is 2.09 bits per heavy atom. The van der Waals surface area contributed by atoms with E-state index in [0.29, 0.717) is 11.9 Å². The average Bonchev–Trinajstić information content (AvgIpc) is 2.55. The van der Waals surface area contributed by atoms with Gasteiger partial charge in [0.05, 0.1) is 23.6 Å². The molecule has 0 atom stereocenters. The third kappa shape index (κ3) is 3.56. The monoisotopic (exact) mass is 306 g/mol. The van der Waals surface area contributed by atoms with Crippen molar-refractivity contribution >= 4 is 17.7 Å². The summed E-state index contributed by atoms with van der Waals surface area (Å²) in [6, 6.07) is 0.305. The molecule has 0 bridgehead atoms. The topological polar surface area (TPSA) is 90.3 Å². The Morgan fingerprint density at radius 1 is 1.36 bits per heavy atom. The van der Waals surface area contributed by atoms with Crippen molar-refractivity contribution in [3.8, 4) is 0 Å². The summed E-state index contributed by atoms with van der Waals surface area (Å²) in [5.74, 6) is 0.709. The molecule has 0 radical (unpaired) electrons. The van der Waals surface area contributed by atoms with Gasteiger partial charge in [-0.05, 0) is 26.2 Å². The number of aromatic nitrogens is 1. The minimum absolute atomic E-state index is 0.0744. The molecule has 1 saturated heterocycles. The number of anilines is 2. The maximum absolute atomic E-state index is 9.80. The first-order chi connectivity index (χ1) is 10.7. The maximum atomic E-state index is 9.80. The Bertz CT molecular complexity index is 513. The van der Waals surface area contributed by atoms with Crippen LogP contribution in [0.15, 0.2) is 0 Å². The lowest BCUT2D eigenvalue weighted by atomic mass is 10.0. The van der Waals surface area contributed by atoms with Crippen LogP contribution in [0.1, 0.15) is 43.5 Å². The van der Waals surface area contributed by atoms with Gasteiger partial charge in [-0.15, -0.1) is 0 Å². The molecule has 6 heteroatoms. The van der Waals surface area contributed by atoms with Crippen molar-refractivity contribution in [3.63, 3.8) is 0 Å². The number of ether oxygens (including phenoxy) is 1. The van der Waals surface area contributed by atoms with E-state index < -0.39 is 0 Å². The standard InChI is InChI=1S/C16H26N4O2/c1-3-14-13(10-21)15(19-11-5-7-22-8-6-11)12(9-17)16(20-14)18-4-2/h9,11,17,21H,3-8,10H2,1-2H3,(H2,18,19,20). The van der Waals surface area contributed by atoms with Crippen molar-refractivity contribution < 1.29 is 9.84 Å². The van der Waals surface area contributed by atoms with E-state index in [0.717, 1.165) is 61.5 Å². The molecule has 22 heavy (non-hydrogen) atoms. The molecular formula is C16H26N4O2. The van der Waals surface area contributed by atoms with Crippen molar-refractivity contribution in [1.82, 2.24) is 4.98 Å². The Morgan fingerprint density at radius 3 is 2.64 bits per heavy atom. The van der Waals surface area contributed by atoms with Gasteiger partial charge in [-0.2, -0.15) is 0 Å². The lowest BCUT2D eigenvalue weighted by Crippen LogP contribution is -2.29. The second-order valence-corrected chi connectivity index (χ2v) is 5.39. The fourth-order valence-corrected chi connectivity index (χ4v) is 2.80. The summed E-state index contributed by atoms with van der Waals surface area (Å²) in [7, 11) is 0. The number of rotatable bonds is 7. The van der Waals surface area contributed by atoms with Gasteiger partial charge in [-0.3, -0.25) is 0 Å². The molecule has 1 aliphatic heterocycles. The first kappa shape index (κ1) is 16.7. The molecule has 0 aliphatic carbocycles. The average molecular weight is 306 g/mol. The summed E-state index contributed by atoms with van der Waals surface area (Å²) in [4.78, 5) is 4.59. The zero-order chi connectivity index (χ0) is 15.9. The van der Waals surface area contributed by atoms with Crippen LogP contribution in [0, 0.1) is 5.41 Å². The van der Waals surface area contributed by atoms with Gasteiger partial charge in [0.2, 0.25) is 0 Å². The molecule has 1 aliphatic rings. The number of hydrogen-bond acceptors (Lipinski definition) is 6. The lowest BCUT2D eigenvalue weighted by Gasteiger charge is -2.27. The minimum Gasteiger partial charge on any atom is -0.392 e. The van der Waals surface area contributed by atoms with Gasteiger partial charge < -0.3 is 25.9 Å². The Kier molecular flexibility index (Phi) is 6.15. The molecule has 0 spiro atoms. The smallest absolute Gasteiger partial charge is 0.137 e. The van der Waals surface area contributed by atoms with Gasteiger partial charge in [0.25, 0.3) is 0 Å². The van der Waals surface area contributed by atoms with Crippen LogP contribution in [0.4, 0.5) is 11.5 Å². The van der Waals surface area contributed by atoms with E-state index in [1.807, 2.05) is 13.8 Å². The Labute approximate surface area is 131 Å². The molecule has 2 rings (SSSR count). The molecule has 0 saturated carbocycles. The number of nitrogens with zero attached hydrogens (tertiary/aromatic N) is 1. The van der Waals surface area contributed by atoms with E-state index >= 15 is 0 Å². The first-order valence-corrected chi connectivity index (χ1v) is 8.00. The van der Waals surface area contributed by atoms with Crippen LogP contribution < -0.4 is 10.6 Å². The number of aliphatic hydroxyl groups excluding tert-OH is 1. The highest BCUT2D eigenvalue weighted by Crippen LogP contribution is 2.30. The molecule has 2 heterocycles. The van der Waals surface area contributed by atoms with E-state index in [1.165, 1.54) is 6.21 Å². The van der Waals surface area contributed by atoms with E-state index in [-0.39, 0.29) is 6.61 Å². The fourth-order valence-electron chi connectivity index (χ4n) is 2.80. The van der Waals surface area contributed by atoms with Crippen LogP contribution >= 0.6 is 0 Å². The summed E-state index contributed by atoms with van der Waals surface area (Å²) in [6.45, 7) is 6.20. The Hall–Kier alpha value is -1.66. The van der Waals surface area contributed by atoms with Gasteiger partial charge in [0.1, 0.15) is 5.82 Å². The molecular weight excluding hydrogens is 280 g/mol. The highest BCUT2D eigenvalue weighted by molar-refractivity contribution is 5.93. The van der Waals surface area contributed by atoms with Crippen molar-refractivity contribution in [2.24, 2.45) is 0 Å². The number of hydrogen-bond donors (Lipinski definition) is 4. The van der Waals surface area contributed by atoms with E-state index in [2.05, 4.69) is 15.6 Å². The normalized spacial score (nSPS) is 15.6. The predicted octanol–water partition coefficient (Wildman–Crippen LogP) is 2.16. The lowest BCUT2D eigenvalue weighted by molar-refractivity contribution is 0.0904. The zero-order valence-corrected chi connectivity index (χ0v) is 13.4. The van der Waals surface area contributed by atoms with E-state index in [9.17, 15) is 5.11 Å². The predicted molar refractivity (Wildman–Crippen MR) is 89.1 cm³/mol. The van der Waals surface area contributed by atoms with Crippen LogP contribution in [0.25, 0.3) is 0 Å². The second-order valence-electron chi connectivity index (χ2n) is 5.39. The van der Waals surface area contributed by atoms with Gasteiger partial charge in [-0.25, -0.2) is 4.98 Å². The van der Waals surface area contributed by atoms with Crippen molar-refractivity contribution in [1.29, 1.82) is 5.41 Å².